The number of aromatic nitrogens is 1. The van der Waals surface area contributed by atoms with E-state index in [-0.39, 0.29) is 24.4 Å². The summed E-state index contributed by atoms with van der Waals surface area (Å²) in [7, 11) is 1.60. The Bertz CT molecular complexity index is 986. The maximum atomic E-state index is 13.1. The first-order valence-corrected chi connectivity index (χ1v) is 9.58. The van der Waals surface area contributed by atoms with Crippen LogP contribution in [-0.2, 0) is 11.2 Å². The summed E-state index contributed by atoms with van der Waals surface area (Å²) >= 11 is 0. The van der Waals surface area contributed by atoms with Crippen LogP contribution in [0.15, 0.2) is 72.9 Å². The van der Waals surface area contributed by atoms with E-state index in [4.69, 9.17) is 4.74 Å². The third-order valence-electron chi connectivity index (χ3n) is 5.21. The van der Waals surface area contributed by atoms with E-state index in [0.717, 1.165) is 11.3 Å². The number of benzene rings is 2. The number of H-pyrrole nitrogens is 1. The standard InChI is InChI=1S/C23H23N3O3/c1-29-20-10-5-9-18(14-20)25-15-19(13-17-7-3-2-4-8-17)26(16-22(25)27)23(28)21-11-6-12-24-21/h2-12,14,19,24H,13,15-16H2,1H3. The molecular formula is C23H23N3O3. The maximum Gasteiger partial charge on any atom is 0.271 e. The van der Waals surface area contributed by atoms with Crippen molar-refractivity contribution < 1.29 is 14.3 Å². The average molecular weight is 389 g/mol. The summed E-state index contributed by atoms with van der Waals surface area (Å²) in [6, 6.07) is 20.9. The van der Waals surface area contributed by atoms with Crippen molar-refractivity contribution in [1.82, 2.24) is 9.88 Å². The molecule has 1 aliphatic rings. The fourth-order valence-corrected chi connectivity index (χ4v) is 3.72. The second-order valence-electron chi connectivity index (χ2n) is 7.07. The van der Waals surface area contributed by atoms with Gasteiger partial charge in [0.15, 0.2) is 0 Å². The molecule has 0 spiro atoms. The van der Waals surface area contributed by atoms with Crippen molar-refractivity contribution in [3.8, 4) is 5.75 Å². The van der Waals surface area contributed by atoms with Gasteiger partial charge in [0.2, 0.25) is 5.91 Å². The second-order valence-corrected chi connectivity index (χ2v) is 7.07. The van der Waals surface area contributed by atoms with E-state index >= 15 is 0 Å². The molecule has 1 unspecified atom stereocenters. The van der Waals surface area contributed by atoms with Crippen LogP contribution in [0.4, 0.5) is 5.69 Å². The van der Waals surface area contributed by atoms with Crippen molar-refractivity contribution in [3.63, 3.8) is 0 Å². The van der Waals surface area contributed by atoms with Crippen LogP contribution < -0.4 is 9.64 Å². The number of aromatic amines is 1. The van der Waals surface area contributed by atoms with Crippen molar-refractivity contribution in [1.29, 1.82) is 0 Å². The quantitative estimate of drug-likeness (QED) is 0.729. The van der Waals surface area contributed by atoms with Gasteiger partial charge in [-0.05, 0) is 36.2 Å². The Labute approximate surface area is 169 Å². The molecule has 1 aromatic heterocycles. The fourth-order valence-electron chi connectivity index (χ4n) is 3.72. The van der Waals surface area contributed by atoms with E-state index in [1.807, 2.05) is 54.6 Å². The molecule has 6 nitrogen and oxygen atoms in total. The summed E-state index contributed by atoms with van der Waals surface area (Å²) in [4.78, 5) is 32.4. The fraction of sp³-hybridized carbons (Fsp3) is 0.217. The Morgan fingerprint density at radius 1 is 1.10 bits per heavy atom. The smallest absolute Gasteiger partial charge is 0.271 e. The van der Waals surface area contributed by atoms with Crippen molar-refractivity contribution in [2.24, 2.45) is 0 Å². The van der Waals surface area contributed by atoms with Gasteiger partial charge in [0, 0.05) is 24.5 Å². The van der Waals surface area contributed by atoms with E-state index in [0.29, 0.717) is 24.4 Å². The number of nitrogens with one attached hydrogen (secondary N) is 1. The number of ether oxygens (including phenoxy) is 1. The minimum absolute atomic E-state index is 0.0343. The number of hydrogen-bond acceptors (Lipinski definition) is 3. The molecule has 0 radical (unpaired) electrons. The van der Waals surface area contributed by atoms with Gasteiger partial charge in [-0.2, -0.15) is 0 Å². The number of rotatable bonds is 5. The molecule has 1 atom stereocenters. The molecule has 0 saturated carbocycles. The lowest BCUT2D eigenvalue weighted by molar-refractivity contribution is -0.121. The van der Waals surface area contributed by atoms with Gasteiger partial charge in [0.05, 0.1) is 13.2 Å². The summed E-state index contributed by atoms with van der Waals surface area (Å²) in [6.45, 7) is 0.458. The number of anilines is 1. The van der Waals surface area contributed by atoms with Crippen LogP contribution in [-0.4, -0.2) is 47.9 Å². The van der Waals surface area contributed by atoms with E-state index < -0.39 is 0 Å². The zero-order chi connectivity index (χ0) is 20.2. The molecule has 3 aromatic rings. The number of carbonyl (C=O) groups is 2. The lowest BCUT2D eigenvalue weighted by Crippen LogP contribution is -2.59. The summed E-state index contributed by atoms with van der Waals surface area (Å²) in [5.74, 6) is 0.428. The molecule has 2 amide bonds. The number of hydrogen-bond donors (Lipinski definition) is 1. The predicted octanol–water partition coefficient (Wildman–Crippen LogP) is 3.12. The molecule has 148 valence electrons. The maximum absolute atomic E-state index is 13.1. The zero-order valence-corrected chi connectivity index (χ0v) is 16.2. The number of piperazine rings is 1. The lowest BCUT2D eigenvalue weighted by atomic mass is 10.0. The first-order valence-electron chi connectivity index (χ1n) is 9.58. The first-order chi connectivity index (χ1) is 14.2. The Morgan fingerprint density at radius 3 is 2.66 bits per heavy atom. The third-order valence-corrected chi connectivity index (χ3v) is 5.21. The van der Waals surface area contributed by atoms with Crippen LogP contribution in [0.2, 0.25) is 0 Å². The first kappa shape index (κ1) is 18.8. The zero-order valence-electron chi connectivity index (χ0n) is 16.2. The van der Waals surface area contributed by atoms with Crippen molar-refractivity contribution in [2.75, 3.05) is 25.1 Å². The average Bonchev–Trinajstić information content (AvgIpc) is 3.30. The third kappa shape index (κ3) is 4.01. The number of methoxy groups -OCH3 is 1. The highest BCUT2D eigenvalue weighted by Crippen LogP contribution is 2.26. The van der Waals surface area contributed by atoms with E-state index in [9.17, 15) is 9.59 Å². The number of carbonyl (C=O) groups excluding carboxylic acids is 2. The summed E-state index contributed by atoms with van der Waals surface area (Å²) in [5, 5.41) is 0. The van der Waals surface area contributed by atoms with Crippen LogP contribution in [0.25, 0.3) is 0 Å². The second kappa shape index (κ2) is 8.22. The highest BCUT2D eigenvalue weighted by molar-refractivity contribution is 6.01. The molecule has 6 heteroatoms. The summed E-state index contributed by atoms with van der Waals surface area (Å²) in [6.07, 6.45) is 2.38. The summed E-state index contributed by atoms with van der Waals surface area (Å²) < 4.78 is 5.31. The van der Waals surface area contributed by atoms with Crippen LogP contribution in [0, 0.1) is 0 Å². The van der Waals surface area contributed by atoms with Gasteiger partial charge in [-0.25, -0.2) is 0 Å². The minimum Gasteiger partial charge on any atom is -0.497 e. The Balaban J connectivity index is 1.64. The summed E-state index contributed by atoms with van der Waals surface area (Å²) in [5.41, 5.74) is 2.40. The molecule has 2 aromatic carbocycles. The van der Waals surface area contributed by atoms with Crippen molar-refractivity contribution >= 4 is 17.5 Å². The van der Waals surface area contributed by atoms with Crippen LogP contribution in [0.5, 0.6) is 5.75 Å². The van der Waals surface area contributed by atoms with E-state index in [2.05, 4.69) is 4.98 Å². The highest BCUT2D eigenvalue weighted by atomic mass is 16.5. The van der Waals surface area contributed by atoms with Gasteiger partial charge in [-0.3, -0.25) is 9.59 Å². The van der Waals surface area contributed by atoms with Gasteiger partial charge in [-0.1, -0.05) is 36.4 Å². The Kier molecular flexibility index (Phi) is 5.33. The molecule has 2 heterocycles. The van der Waals surface area contributed by atoms with Crippen LogP contribution in [0.1, 0.15) is 16.1 Å². The van der Waals surface area contributed by atoms with E-state index in [1.165, 1.54) is 0 Å². The monoisotopic (exact) mass is 389 g/mol. The Morgan fingerprint density at radius 2 is 1.93 bits per heavy atom. The number of nitrogens with zero attached hydrogens (tertiary/aromatic N) is 2. The predicted molar refractivity (Wildman–Crippen MR) is 111 cm³/mol. The molecule has 1 saturated heterocycles. The molecule has 0 aliphatic carbocycles. The highest BCUT2D eigenvalue weighted by Gasteiger charge is 2.36. The lowest BCUT2D eigenvalue weighted by Gasteiger charge is -2.41. The van der Waals surface area contributed by atoms with Gasteiger partial charge in [0.25, 0.3) is 5.91 Å². The van der Waals surface area contributed by atoms with Crippen molar-refractivity contribution in [3.05, 3.63) is 84.2 Å². The topological polar surface area (TPSA) is 65.6 Å². The van der Waals surface area contributed by atoms with Crippen LogP contribution >= 0.6 is 0 Å². The van der Waals surface area contributed by atoms with Crippen molar-refractivity contribution in [2.45, 2.75) is 12.5 Å². The van der Waals surface area contributed by atoms with Gasteiger partial charge < -0.3 is 19.5 Å². The van der Waals surface area contributed by atoms with Gasteiger partial charge in [0.1, 0.15) is 18.0 Å². The molecule has 1 fully saturated rings. The van der Waals surface area contributed by atoms with Gasteiger partial charge in [-0.15, -0.1) is 0 Å². The van der Waals surface area contributed by atoms with E-state index in [1.54, 1.807) is 35.2 Å². The number of amides is 2. The minimum atomic E-state index is -0.158. The molecule has 4 rings (SSSR count). The molecule has 0 bridgehead atoms. The Hall–Kier alpha value is -3.54. The largest absolute Gasteiger partial charge is 0.497 e. The van der Waals surface area contributed by atoms with Crippen LogP contribution in [0.3, 0.4) is 0 Å². The molecule has 1 aliphatic heterocycles. The normalized spacial score (nSPS) is 16.7. The molecular weight excluding hydrogens is 366 g/mol. The SMILES string of the molecule is COc1cccc(N2CC(Cc3ccccc3)N(C(=O)c3ccc[nH]3)CC2=O)c1. The molecule has 1 N–H and O–H groups in total. The molecule has 29 heavy (non-hydrogen) atoms. The van der Waals surface area contributed by atoms with Gasteiger partial charge >= 0.3 is 0 Å².